The van der Waals surface area contributed by atoms with E-state index in [9.17, 15) is 9.90 Å². The van der Waals surface area contributed by atoms with Crippen molar-refractivity contribution in [3.8, 4) is 11.1 Å². The van der Waals surface area contributed by atoms with Gasteiger partial charge in [-0.15, -0.1) is 0 Å². The number of rotatable bonds is 8. The number of hydrogen-bond acceptors (Lipinski definition) is 2. The van der Waals surface area contributed by atoms with Crippen LogP contribution < -0.4 is 0 Å². The van der Waals surface area contributed by atoms with E-state index in [2.05, 4.69) is 86.7 Å². The van der Waals surface area contributed by atoms with E-state index in [1.54, 1.807) is 6.92 Å². The van der Waals surface area contributed by atoms with E-state index in [0.29, 0.717) is 6.42 Å². The van der Waals surface area contributed by atoms with Crippen LogP contribution in [0.15, 0.2) is 66.7 Å². The van der Waals surface area contributed by atoms with Crippen LogP contribution in [-0.4, -0.2) is 17.5 Å². The summed E-state index contributed by atoms with van der Waals surface area (Å²) in [6, 6.07) is 23.3. The lowest BCUT2D eigenvalue weighted by molar-refractivity contribution is -0.128. The molecule has 0 heterocycles. The Hall–Kier alpha value is -2.97. The van der Waals surface area contributed by atoms with Crippen molar-refractivity contribution in [2.45, 2.75) is 40.5 Å². The van der Waals surface area contributed by atoms with E-state index in [1.165, 1.54) is 38.9 Å². The monoisotopic (exact) mass is 412 g/mol. The predicted molar refractivity (Wildman–Crippen MR) is 131 cm³/mol. The summed E-state index contributed by atoms with van der Waals surface area (Å²) in [6.07, 6.45) is 5.76. The van der Waals surface area contributed by atoms with Crippen LogP contribution in [0, 0.1) is 19.3 Å². The van der Waals surface area contributed by atoms with Gasteiger partial charge in [-0.1, -0.05) is 85.8 Å². The van der Waals surface area contributed by atoms with Gasteiger partial charge in [-0.2, -0.15) is 0 Å². The van der Waals surface area contributed by atoms with E-state index >= 15 is 0 Å². The van der Waals surface area contributed by atoms with E-state index in [-0.39, 0.29) is 12.4 Å². The van der Waals surface area contributed by atoms with Gasteiger partial charge in [-0.25, -0.2) is 0 Å². The average Bonchev–Trinajstić information content (AvgIpc) is 2.78. The number of Topliss-reactive ketones (excluding diaryl/α,β-unsaturated/α-hetero) is 1. The summed E-state index contributed by atoms with van der Waals surface area (Å²) >= 11 is 0. The lowest BCUT2D eigenvalue weighted by Crippen LogP contribution is -2.30. The van der Waals surface area contributed by atoms with E-state index < -0.39 is 5.41 Å². The van der Waals surface area contributed by atoms with Crippen LogP contribution in [0.1, 0.15) is 48.1 Å². The normalized spacial score (nSPS) is 13.3. The molecule has 0 saturated heterocycles. The van der Waals surface area contributed by atoms with Crippen molar-refractivity contribution in [3.05, 3.63) is 94.5 Å². The zero-order valence-electron chi connectivity index (χ0n) is 19.0. The minimum Gasteiger partial charge on any atom is -0.395 e. The highest BCUT2D eigenvalue weighted by Crippen LogP contribution is 2.28. The van der Waals surface area contributed by atoms with Gasteiger partial charge in [0, 0.05) is 5.41 Å². The van der Waals surface area contributed by atoms with Crippen molar-refractivity contribution < 1.29 is 9.90 Å². The number of aryl methyl sites for hydroxylation is 2. The number of carbonyl (C=O) groups excluding carboxylic acids is 1. The fourth-order valence-corrected chi connectivity index (χ4v) is 3.76. The first-order chi connectivity index (χ1) is 14.8. The highest BCUT2D eigenvalue weighted by Gasteiger charge is 2.28. The molecule has 0 aliphatic carbocycles. The van der Waals surface area contributed by atoms with Crippen molar-refractivity contribution in [2.75, 3.05) is 6.61 Å². The standard InChI is InChI=1S/C29H32O2/c1-21-13-14-24(17-18-29(4,20-30)23(3)31)19-27(21)16-15-25-11-8-12-28(22(25)2)26-9-6-5-7-10-26/h5-16,19,30H,17-18,20H2,1-4H3. The highest BCUT2D eigenvalue weighted by molar-refractivity contribution is 5.82. The fraction of sp³-hybridized carbons (Fsp3) is 0.276. The second-order valence-electron chi connectivity index (χ2n) is 8.69. The number of aliphatic hydroxyl groups is 1. The van der Waals surface area contributed by atoms with Crippen molar-refractivity contribution >= 4 is 17.9 Å². The zero-order chi connectivity index (χ0) is 22.4. The van der Waals surface area contributed by atoms with Crippen LogP contribution in [0.5, 0.6) is 0 Å². The van der Waals surface area contributed by atoms with Gasteiger partial charge in [0.15, 0.2) is 0 Å². The third kappa shape index (κ3) is 5.39. The Bertz CT molecular complexity index is 1080. The summed E-state index contributed by atoms with van der Waals surface area (Å²) in [7, 11) is 0. The highest BCUT2D eigenvalue weighted by atomic mass is 16.3. The lowest BCUT2D eigenvalue weighted by atomic mass is 9.81. The van der Waals surface area contributed by atoms with Crippen molar-refractivity contribution in [1.82, 2.24) is 0 Å². The Kier molecular flexibility index (Phi) is 7.25. The molecular weight excluding hydrogens is 380 g/mol. The number of ketones is 1. The van der Waals surface area contributed by atoms with Gasteiger partial charge in [0.25, 0.3) is 0 Å². The molecule has 3 rings (SSSR count). The molecule has 31 heavy (non-hydrogen) atoms. The molecule has 2 heteroatoms. The summed E-state index contributed by atoms with van der Waals surface area (Å²) in [4.78, 5) is 11.9. The molecule has 0 bridgehead atoms. The number of hydrogen-bond donors (Lipinski definition) is 1. The van der Waals surface area contributed by atoms with Crippen molar-refractivity contribution in [3.63, 3.8) is 0 Å². The third-order valence-corrected chi connectivity index (χ3v) is 6.41. The van der Waals surface area contributed by atoms with Crippen molar-refractivity contribution in [2.24, 2.45) is 5.41 Å². The Morgan fingerprint density at radius 3 is 2.32 bits per heavy atom. The second-order valence-corrected chi connectivity index (χ2v) is 8.69. The summed E-state index contributed by atoms with van der Waals surface area (Å²) in [5, 5.41) is 9.64. The molecule has 0 amide bonds. The lowest BCUT2D eigenvalue weighted by Gasteiger charge is -2.24. The summed E-state index contributed by atoms with van der Waals surface area (Å²) in [5.41, 5.74) is 7.85. The quantitative estimate of drug-likeness (QED) is 0.420. The molecule has 0 aliphatic heterocycles. The van der Waals surface area contributed by atoms with E-state index in [1.807, 2.05) is 13.0 Å². The Morgan fingerprint density at radius 2 is 1.65 bits per heavy atom. The molecule has 0 radical (unpaired) electrons. The molecular formula is C29H32O2. The first-order valence-corrected chi connectivity index (χ1v) is 10.9. The molecule has 0 aliphatic rings. The van der Waals surface area contributed by atoms with Gasteiger partial charge in [0.2, 0.25) is 0 Å². The predicted octanol–water partition coefficient (Wildman–Crippen LogP) is 6.66. The van der Waals surface area contributed by atoms with Gasteiger partial charge in [-0.05, 0) is 72.6 Å². The zero-order valence-corrected chi connectivity index (χ0v) is 19.0. The molecule has 2 nitrogen and oxygen atoms in total. The van der Waals surface area contributed by atoms with Gasteiger partial charge >= 0.3 is 0 Å². The van der Waals surface area contributed by atoms with Crippen LogP contribution in [0.25, 0.3) is 23.3 Å². The fourth-order valence-electron chi connectivity index (χ4n) is 3.76. The van der Waals surface area contributed by atoms with E-state index in [4.69, 9.17) is 0 Å². The molecule has 1 unspecified atom stereocenters. The molecule has 0 spiro atoms. The minimum atomic E-state index is -0.671. The first-order valence-electron chi connectivity index (χ1n) is 10.9. The van der Waals surface area contributed by atoms with Crippen molar-refractivity contribution in [1.29, 1.82) is 0 Å². The minimum absolute atomic E-state index is 0.0380. The number of aliphatic hydroxyl groups excluding tert-OH is 1. The topological polar surface area (TPSA) is 37.3 Å². The van der Waals surface area contributed by atoms with Crippen LogP contribution in [0.4, 0.5) is 0 Å². The van der Waals surface area contributed by atoms with Crippen LogP contribution >= 0.6 is 0 Å². The SMILES string of the molecule is CC(=O)C(C)(CO)CCc1ccc(C)c(C=Cc2cccc(-c3ccccc3)c2C)c1. The second kappa shape index (κ2) is 9.89. The van der Waals surface area contributed by atoms with Crippen LogP contribution in [0.2, 0.25) is 0 Å². The van der Waals surface area contributed by atoms with Crippen LogP contribution in [-0.2, 0) is 11.2 Å². The maximum Gasteiger partial charge on any atom is 0.137 e. The molecule has 0 fully saturated rings. The molecule has 3 aromatic rings. The largest absolute Gasteiger partial charge is 0.395 e. The third-order valence-electron chi connectivity index (χ3n) is 6.41. The molecule has 1 N–H and O–H groups in total. The first kappa shape index (κ1) is 22.7. The number of benzene rings is 3. The molecule has 1 atom stereocenters. The average molecular weight is 413 g/mol. The summed E-state index contributed by atoms with van der Waals surface area (Å²) in [5.74, 6) is 0.0380. The molecule has 0 aromatic heterocycles. The molecule has 160 valence electrons. The van der Waals surface area contributed by atoms with Gasteiger partial charge in [-0.3, -0.25) is 4.79 Å². The maximum absolute atomic E-state index is 11.9. The van der Waals surface area contributed by atoms with Gasteiger partial charge < -0.3 is 5.11 Å². The number of carbonyl (C=O) groups is 1. The molecule has 3 aromatic carbocycles. The molecule has 0 saturated carbocycles. The Labute approximate surface area is 186 Å². The maximum atomic E-state index is 11.9. The Morgan fingerprint density at radius 1 is 0.935 bits per heavy atom. The van der Waals surface area contributed by atoms with E-state index in [0.717, 1.165) is 6.42 Å². The van der Waals surface area contributed by atoms with Crippen LogP contribution in [0.3, 0.4) is 0 Å². The summed E-state index contributed by atoms with van der Waals surface area (Å²) in [6.45, 7) is 7.57. The van der Waals surface area contributed by atoms with Gasteiger partial charge in [0.05, 0.1) is 6.61 Å². The smallest absolute Gasteiger partial charge is 0.137 e. The summed E-state index contributed by atoms with van der Waals surface area (Å²) < 4.78 is 0. The van der Waals surface area contributed by atoms with Gasteiger partial charge in [0.1, 0.15) is 5.78 Å². The Balaban J connectivity index is 1.83.